The van der Waals surface area contributed by atoms with Crippen LogP contribution in [0.15, 0.2) is 60.8 Å². The smallest absolute Gasteiger partial charge is 0.257 e. The van der Waals surface area contributed by atoms with Gasteiger partial charge in [0.1, 0.15) is 0 Å². The van der Waals surface area contributed by atoms with Gasteiger partial charge in [-0.05, 0) is 86.6 Å². The van der Waals surface area contributed by atoms with Gasteiger partial charge in [0.25, 0.3) is 5.91 Å². The molecule has 4 aromatic rings. The first kappa shape index (κ1) is 21.2. The molecule has 9 rings (SSSR count). The Hall–Kier alpha value is -3.87. The lowest BCUT2D eigenvalue weighted by Gasteiger charge is -2.56. The second-order valence-electron chi connectivity index (χ2n) is 11.4. The molecule has 2 aromatic carbocycles. The van der Waals surface area contributed by atoms with E-state index < -0.39 is 0 Å². The number of rotatable bonds is 4. The highest BCUT2D eigenvalue weighted by Gasteiger charge is 2.52. The van der Waals surface area contributed by atoms with E-state index in [9.17, 15) is 4.79 Å². The number of nitrogens with one attached hydrogen (secondary N) is 1. The predicted octanol–water partition coefficient (Wildman–Crippen LogP) is 6.00. The average molecular weight is 493 g/mol. The van der Waals surface area contributed by atoms with Crippen LogP contribution in [0.25, 0.3) is 22.2 Å². The molecular formula is C30H28N4O3. The Morgan fingerprint density at radius 1 is 0.919 bits per heavy atom. The van der Waals surface area contributed by atoms with Gasteiger partial charge in [0.05, 0.1) is 22.3 Å². The first-order valence-corrected chi connectivity index (χ1v) is 13.3. The van der Waals surface area contributed by atoms with Crippen molar-refractivity contribution in [3.05, 3.63) is 66.4 Å². The van der Waals surface area contributed by atoms with Crippen molar-refractivity contribution in [1.29, 1.82) is 0 Å². The molecule has 1 amide bonds. The molecule has 0 saturated heterocycles. The second kappa shape index (κ2) is 7.81. The standard InChI is InChI=1S/C30H28N4O3/c35-29(32-28-7-8-34(33-28)30-14-18-9-19(15-30)11-20(10-18)16-30)23-13-25(31-24-4-2-1-3-22(23)24)21-5-6-26-27(12-21)37-17-36-26/h1-8,12-13,18-20H,9-11,14-17H2,(H,32,33,35). The molecule has 0 radical (unpaired) electrons. The number of nitrogens with zero attached hydrogens (tertiary/aromatic N) is 3. The Morgan fingerprint density at radius 2 is 1.68 bits per heavy atom. The van der Waals surface area contributed by atoms with Gasteiger partial charge in [-0.1, -0.05) is 18.2 Å². The Bertz CT molecular complexity index is 1520. The maximum absolute atomic E-state index is 13.6. The fraction of sp³-hybridized carbons (Fsp3) is 0.367. The van der Waals surface area contributed by atoms with Crippen molar-refractivity contribution in [3.8, 4) is 22.8 Å². The molecule has 4 saturated carbocycles. The summed E-state index contributed by atoms with van der Waals surface area (Å²) in [6, 6.07) is 17.3. The maximum Gasteiger partial charge on any atom is 0.257 e. The summed E-state index contributed by atoms with van der Waals surface area (Å²) in [6.45, 7) is 0.216. The van der Waals surface area contributed by atoms with Gasteiger partial charge in [0.15, 0.2) is 17.3 Å². The van der Waals surface area contributed by atoms with E-state index in [1.54, 1.807) is 0 Å². The van der Waals surface area contributed by atoms with Crippen molar-refractivity contribution in [3.63, 3.8) is 0 Å². The third-order valence-electron chi connectivity index (χ3n) is 8.95. The normalized spacial score (nSPS) is 27.1. The van der Waals surface area contributed by atoms with Crippen LogP contribution < -0.4 is 14.8 Å². The minimum absolute atomic E-state index is 0.133. The van der Waals surface area contributed by atoms with Gasteiger partial charge in [-0.15, -0.1) is 0 Å². The highest BCUT2D eigenvalue weighted by Crippen LogP contribution is 2.58. The molecule has 1 N–H and O–H groups in total. The van der Waals surface area contributed by atoms with E-state index in [-0.39, 0.29) is 18.2 Å². The van der Waals surface area contributed by atoms with Crippen LogP contribution in [0, 0.1) is 17.8 Å². The Balaban J connectivity index is 1.12. The predicted molar refractivity (Wildman–Crippen MR) is 140 cm³/mol. The summed E-state index contributed by atoms with van der Waals surface area (Å²) >= 11 is 0. The summed E-state index contributed by atoms with van der Waals surface area (Å²) in [7, 11) is 0. The molecule has 3 heterocycles. The Labute approximate surface area is 214 Å². The van der Waals surface area contributed by atoms with Crippen molar-refractivity contribution in [2.45, 2.75) is 44.1 Å². The van der Waals surface area contributed by atoms with E-state index in [1.807, 2.05) is 54.6 Å². The third-order valence-corrected chi connectivity index (χ3v) is 8.95. The van der Waals surface area contributed by atoms with Crippen LogP contribution in [-0.4, -0.2) is 27.5 Å². The molecule has 1 aliphatic heterocycles. The lowest BCUT2D eigenvalue weighted by Crippen LogP contribution is -2.52. The number of ether oxygens (including phenoxy) is 2. The number of benzene rings is 2. The van der Waals surface area contributed by atoms with Gasteiger partial charge in [-0.3, -0.25) is 9.48 Å². The Morgan fingerprint density at radius 3 is 2.49 bits per heavy atom. The van der Waals surface area contributed by atoms with Gasteiger partial charge in [0.2, 0.25) is 6.79 Å². The van der Waals surface area contributed by atoms with Crippen LogP contribution in [0.2, 0.25) is 0 Å². The Kier molecular flexibility index (Phi) is 4.48. The number of carbonyl (C=O) groups excluding carboxylic acids is 1. The zero-order valence-corrected chi connectivity index (χ0v) is 20.5. The molecule has 0 atom stereocenters. The zero-order valence-electron chi connectivity index (χ0n) is 20.5. The molecule has 7 heteroatoms. The van der Waals surface area contributed by atoms with Gasteiger partial charge < -0.3 is 14.8 Å². The largest absolute Gasteiger partial charge is 0.454 e. The number of pyridine rings is 1. The van der Waals surface area contributed by atoms with Crippen LogP contribution in [0.3, 0.4) is 0 Å². The van der Waals surface area contributed by atoms with Crippen LogP contribution in [0.1, 0.15) is 48.9 Å². The van der Waals surface area contributed by atoms with Crippen molar-refractivity contribution in [1.82, 2.24) is 14.8 Å². The molecule has 186 valence electrons. The minimum Gasteiger partial charge on any atom is -0.454 e. The number of carbonyl (C=O) groups is 1. The first-order valence-electron chi connectivity index (χ1n) is 13.3. The van der Waals surface area contributed by atoms with E-state index in [1.165, 1.54) is 38.5 Å². The van der Waals surface area contributed by atoms with E-state index in [2.05, 4.69) is 16.2 Å². The van der Waals surface area contributed by atoms with Gasteiger partial charge >= 0.3 is 0 Å². The molecule has 0 spiro atoms. The van der Waals surface area contributed by atoms with Crippen molar-refractivity contribution < 1.29 is 14.3 Å². The SMILES string of the molecule is O=C(Nc1ccn(C23CC4CC(CC(C4)C2)C3)n1)c1cc(-c2ccc3c(c2)OCO3)nc2ccccc12. The summed E-state index contributed by atoms with van der Waals surface area (Å²) in [6.07, 6.45) is 9.93. The van der Waals surface area contributed by atoms with Crippen molar-refractivity contribution in [2.24, 2.45) is 17.8 Å². The lowest BCUT2D eigenvalue weighted by molar-refractivity contribution is -0.0492. The number of aromatic nitrogens is 3. The number of anilines is 1. The summed E-state index contributed by atoms with van der Waals surface area (Å²) < 4.78 is 13.2. The van der Waals surface area contributed by atoms with Crippen LogP contribution in [0.5, 0.6) is 11.5 Å². The maximum atomic E-state index is 13.6. The van der Waals surface area contributed by atoms with Gasteiger partial charge in [-0.25, -0.2) is 4.98 Å². The quantitative estimate of drug-likeness (QED) is 0.378. The van der Waals surface area contributed by atoms with E-state index in [0.29, 0.717) is 22.8 Å². The molecule has 2 aromatic heterocycles. The number of fused-ring (bicyclic) bond motifs is 2. The number of hydrogen-bond donors (Lipinski definition) is 1. The second-order valence-corrected chi connectivity index (χ2v) is 11.4. The van der Waals surface area contributed by atoms with E-state index in [4.69, 9.17) is 19.6 Å². The summed E-state index contributed by atoms with van der Waals surface area (Å²) in [5.74, 6) is 4.34. The molecule has 5 aliphatic rings. The summed E-state index contributed by atoms with van der Waals surface area (Å²) in [5.41, 5.74) is 3.05. The molecule has 0 unspecified atom stereocenters. The van der Waals surface area contributed by atoms with Gasteiger partial charge in [-0.2, -0.15) is 5.10 Å². The van der Waals surface area contributed by atoms with Gasteiger partial charge in [0, 0.05) is 23.2 Å². The highest BCUT2D eigenvalue weighted by atomic mass is 16.7. The monoisotopic (exact) mass is 492 g/mol. The van der Waals surface area contributed by atoms with Crippen molar-refractivity contribution >= 4 is 22.6 Å². The molecule has 4 aliphatic carbocycles. The third kappa shape index (κ3) is 3.44. The minimum atomic E-state index is -0.184. The molecular weight excluding hydrogens is 464 g/mol. The van der Waals surface area contributed by atoms with E-state index in [0.717, 1.165) is 40.0 Å². The van der Waals surface area contributed by atoms with Crippen molar-refractivity contribution in [2.75, 3.05) is 12.1 Å². The fourth-order valence-corrected chi connectivity index (χ4v) is 7.75. The summed E-state index contributed by atoms with van der Waals surface area (Å²) in [4.78, 5) is 18.5. The molecule has 37 heavy (non-hydrogen) atoms. The van der Waals surface area contributed by atoms with Crippen LogP contribution in [0.4, 0.5) is 5.82 Å². The number of para-hydroxylation sites is 1. The first-order chi connectivity index (χ1) is 18.1. The van der Waals surface area contributed by atoms with E-state index >= 15 is 0 Å². The molecule has 4 fully saturated rings. The number of hydrogen-bond acceptors (Lipinski definition) is 5. The molecule has 7 nitrogen and oxygen atoms in total. The fourth-order valence-electron chi connectivity index (χ4n) is 7.75. The molecule has 4 bridgehead atoms. The lowest BCUT2D eigenvalue weighted by atomic mass is 9.53. The van der Waals surface area contributed by atoms with Crippen LogP contribution in [-0.2, 0) is 5.54 Å². The summed E-state index contributed by atoms with van der Waals surface area (Å²) in [5, 5.41) is 8.79. The zero-order chi connectivity index (χ0) is 24.6. The average Bonchev–Trinajstić information content (AvgIpc) is 3.57. The number of amides is 1. The topological polar surface area (TPSA) is 78.3 Å². The highest BCUT2D eigenvalue weighted by molar-refractivity contribution is 6.12. The van der Waals surface area contributed by atoms with Crippen LogP contribution >= 0.6 is 0 Å².